The van der Waals surface area contributed by atoms with Gasteiger partial charge in [-0.2, -0.15) is 0 Å². The molecule has 162 valence electrons. The molecule has 0 spiro atoms. The third kappa shape index (κ3) is 4.38. The lowest BCUT2D eigenvalue weighted by molar-refractivity contribution is 0.0787. The lowest BCUT2D eigenvalue weighted by Crippen LogP contribution is -2.35. The molecule has 1 atom stereocenters. The molecule has 5 rings (SSSR count). The summed E-state index contributed by atoms with van der Waals surface area (Å²) in [6.07, 6.45) is 6.42. The van der Waals surface area contributed by atoms with E-state index in [1.54, 1.807) is 12.1 Å². The van der Waals surface area contributed by atoms with Crippen LogP contribution < -0.4 is 0 Å². The van der Waals surface area contributed by atoms with E-state index in [-0.39, 0.29) is 11.7 Å². The summed E-state index contributed by atoms with van der Waals surface area (Å²) < 4.78 is 13.2. The van der Waals surface area contributed by atoms with E-state index in [4.69, 9.17) is 0 Å². The molecule has 5 heteroatoms. The number of para-hydroxylation sites is 1. The van der Waals surface area contributed by atoms with Crippen molar-refractivity contribution in [2.24, 2.45) is 5.92 Å². The molecule has 0 unspecified atom stereocenters. The monoisotopic (exact) mass is 419 g/mol. The molecule has 0 saturated carbocycles. The Morgan fingerprint density at radius 3 is 2.61 bits per heavy atom. The summed E-state index contributed by atoms with van der Waals surface area (Å²) in [7, 11) is 0. The van der Waals surface area contributed by atoms with Gasteiger partial charge >= 0.3 is 0 Å². The predicted octanol–water partition coefficient (Wildman–Crippen LogP) is 5.04. The zero-order valence-electron chi connectivity index (χ0n) is 17.9. The van der Waals surface area contributed by atoms with Crippen LogP contribution in [0.5, 0.6) is 0 Å². The van der Waals surface area contributed by atoms with Gasteiger partial charge in [0.15, 0.2) is 0 Å². The highest BCUT2D eigenvalue weighted by Crippen LogP contribution is 2.29. The van der Waals surface area contributed by atoms with Gasteiger partial charge in [-0.1, -0.05) is 24.3 Å². The minimum absolute atomic E-state index is 0.149. The number of likely N-dealkylation sites (tertiary alicyclic amines) is 2. The normalized spacial score (nSPS) is 20.5. The molecule has 1 amide bonds. The van der Waals surface area contributed by atoms with E-state index in [1.165, 1.54) is 5.56 Å². The Bertz CT molecular complexity index is 1040. The van der Waals surface area contributed by atoms with Crippen molar-refractivity contribution < 1.29 is 9.18 Å². The number of aromatic nitrogens is 1. The highest BCUT2D eigenvalue weighted by Gasteiger charge is 2.29. The summed E-state index contributed by atoms with van der Waals surface area (Å²) in [4.78, 5) is 20.9. The number of carbonyl (C=O) groups excluding carboxylic acids is 1. The minimum Gasteiger partial charge on any atom is -0.361 e. The number of nitrogens with one attached hydrogen (secondary N) is 1. The van der Waals surface area contributed by atoms with Crippen LogP contribution in [0.15, 0.2) is 54.7 Å². The Labute approximate surface area is 183 Å². The van der Waals surface area contributed by atoms with Crippen LogP contribution in [0.25, 0.3) is 10.9 Å². The second kappa shape index (κ2) is 8.83. The Morgan fingerprint density at radius 1 is 1.00 bits per heavy atom. The number of carbonyl (C=O) groups is 1. The Morgan fingerprint density at radius 2 is 1.81 bits per heavy atom. The van der Waals surface area contributed by atoms with Gasteiger partial charge in [0, 0.05) is 24.7 Å². The van der Waals surface area contributed by atoms with Crippen molar-refractivity contribution in [2.45, 2.75) is 31.6 Å². The van der Waals surface area contributed by atoms with Crippen LogP contribution in [0.3, 0.4) is 0 Å². The number of piperidine rings is 1. The molecule has 0 radical (unpaired) electrons. The number of hydrogen-bond donors (Lipinski definition) is 1. The van der Waals surface area contributed by atoms with Crippen LogP contribution in [0.4, 0.5) is 4.39 Å². The zero-order valence-corrected chi connectivity index (χ0v) is 17.9. The molecule has 0 bridgehead atoms. The summed E-state index contributed by atoms with van der Waals surface area (Å²) in [5, 5.41) is 1.09. The van der Waals surface area contributed by atoms with Crippen LogP contribution in [0.2, 0.25) is 0 Å². The van der Waals surface area contributed by atoms with E-state index in [0.717, 1.165) is 74.9 Å². The zero-order chi connectivity index (χ0) is 21.2. The van der Waals surface area contributed by atoms with Gasteiger partial charge in [0.1, 0.15) is 5.82 Å². The lowest BCUT2D eigenvalue weighted by atomic mass is 9.89. The summed E-state index contributed by atoms with van der Waals surface area (Å²) in [6.45, 7) is 5.03. The predicted molar refractivity (Wildman–Crippen MR) is 122 cm³/mol. The first-order chi connectivity index (χ1) is 15.2. The highest BCUT2D eigenvalue weighted by molar-refractivity contribution is 6.05. The summed E-state index contributed by atoms with van der Waals surface area (Å²) in [5.74, 6) is 1.12. The largest absolute Gasteiger partial charge is 0.361 e. The van der Waals surface area contributed by atoms with E-state index in [1.807, 2.05) is 47.5 Å². The third-order valence-corrected chi connectivity index (χ3v) is 7.17. The number of rotatable bonds is 5. The number of fused-ring (bicyclic) bond motifs is 1. The molecular weight excluding hydrogens is 389 g/mol. The number of hydrogen-bond acceptors (Lipinski definition) is 2. The van der Waals surface area contributed by atoms with Crippen LogP contribution in [-0.2, 0) is 0 Å². The van der Waals surface area contributed by atoms with E-state index in [2.05, 4.69) is 9.88 Å². The third-order valence-electron chi connectivity index (χ3n) is 7.17. The molecule has 1 N–H and O–H groups in total. The molecule has 3 heterocycles. The van der Waals surface area contributed by atoms with Gasteiger partial charge < -0.3 is 14.8 Å². The first-order valence-corrected chi connectivity index (χ1v) is 11.5. The van der Waals surface area contributed by atoms with Gasteiger partial charge in [-0.05, 0) is 87.0 Å². The van der Waals surface area contributed by atoms with Crippen LogP contribution in [0.1, 0.15) is 47.5 Å². The maximum Gasteiger partial charge on any atom is 0.255 e. The van der Waals surface area contributed by atoms with Gasteiger partial charge in [0.05, 0.1) is 11.1 Å². The molecule has 4 nitrogen and oxygen atoms in total. The van der Waals surface area contributed by atoms with Gasteiger partial charge in [-0.25, -0.2) is 4.39 Å². The molecule has 2 saturated heterocycles. The van der Waals surface area contributed by atoms with Crippen molar-refractivity contribution in [3.8, 4) is 0 Å². The molecule has 2 fully saturated rings. The van der Waals surface area contributed by atoms with Crippen molar-refractivity contribution in [1.29, 1.82) is 0 Å². The molecule has 2 aliphatic heterocycles. The first kappa shape index (κ1) is 20.3. The smallest absolute Gasteiger partial charge is 0.255 e. The van der Waals surface area contributed by atoms with E-state index >= 15 is 0 Å². The van der Waals surface area contributed by atoms with Gasteiger partial charge in [-0.3, -0.25) is 4.79 Å². The summed E-state index contributed by atoms with van der Waals surface area (Å²) in [6, 6.07) is 15.0. The van der Waals surface area contributed by atoms with Gasteiger partial charge in [0.2, 0.25) is 0 Å². The van der Waals surface area contributed by atoms with Crippen molar-refractivity contribution >= 4 is 16.8 Å². The molecule has 31 heavy (non-hydrogen) atoms. The SMILES string of the molecule is O=C(c1cccc2cc[nH]c12)N1CC[C@H](CCN2CCC(c3ccc(F)cc3)CC2)C1. The Kier molecular flexibility index (Phi) is 5.77. The molecular formula is C26H30FN3O. The van der Waals surface area contributed by atoms with Crippen LogP contribution in [0, 0.1) is 11.7 Å². The van der Waals surface area contributed by atoms with Crippen LogP contribution >= 0.6 is 0 Å². The maximum absolute atomic E-state index is 13.2. The topological polar surface area (TPSA) is 39.3 Å². The summed E-state index contributed by atoms with van der Waals surface area (Å²) >= 11 is 0. The first-order valence-electron chi connectivity index (χ1n) is 11.5. The number of nitrogens with zero attached hydrogens (tertiary/aromatic N) is 2. The van der Waals surface area contributed by atoms with E-state index in [0.29, 0.717) is 11.8 Å². The minimum atomic E-state index is -0.158. The number of aromatic amines is 1. The molecule has 1 aromatic heterocycles. The lowest BCUT2D eigenvalue weighted by Gasteiger charge is -2.32. The van der Waals surface area contributed by atoms with Gasteiger partial charge in [-0.15, -0.1) is 0 Å². The molecule has 3 aromatic rings. The Balaban J connectivity index is 1.10. The summed E-state index contributed by atoms with van der Waals surface area (Å²) in [5.41, 5.74) is 2.99. The van der Waals surface area contributed by atoms with Crippen molar-refractivity contribution in [1.82, 2.24) is 14.8 Å². The van der Waals surface area contributed by atoms with Crippen molar-refractivity contribution in [3.05, 3.63) is 71.7 Å². The van der Waals surface area contributed by atoms with Crippen molar-refractivity contribution in [2.75, 3.05) is 32.7 Å². The van der Waals surface area contributed by atoms with E-state index in [9.17, 15) is 9.18 Å². The number of amides is 1. The quantitative estimate of drug-likeness (QED) is 0.629. The second-order valence-electron chi connectivity index (χ2n) is 9.11. The standard InChI is InChI=1S/C26H30FN3O/c27-23-6-4-20(5-7-23)21-11-15-29(16-12-21)14-9-19-10-17-30(18-19)26(31)24-3-1-2-22-8-13-28-25(22)24/h1-8,13,19,21,28H,9-12,14-18H2/t19-/m0/s1. The molecule has 2 aromatic carbocycles. The average Bonchev–Trinajstić information content (AvgIpc) is 3.48. The second-order valence-corrected chi connectivity index (χ2v) is 9.11. The number of H-pyrrole nitrogens is 1. The van der Waals surface area contributed by atoms with E-state index < -0.39 is 0 Å². The van der Waals surface area contributed by atoms with Crippen LogP contribution in [-0.4, -0.2) is 53.4 Å². The molecule has 2 aliphatic rings. The fraction of sp³-hybridized carbons (Fsp3) is 0.423. The van der Waals surface area contributed by atoms with Gasteiger partial charge in [0.25, 0.3) is 5.91 Å². The van der Waals surface area contributed by atoms with Crippen molar-refractivity contribution in [3.63, 3.8) is 0 Å². The fourth-order valence-electron chi connectivity index (χ4n) is 5.28. The number of benzene rings is 2. The average molecular weight is 420 g/mol. The number of halogens is 1. The molecule has 0 aliphatic carbocycles. The fourth-order valence-corrected chi connectivity index (χ4v) is 5.28. The Hall–Kier alpha value is -2.66. The maximum atomic E-state index is 13.2. The highest BCUT2D eigenvalue weighted by atomic mass is 19.1.